The smallest absolute Gasteiger partial charge is 0.243 e. The molecule has 0 radical (unpaired) electrons. The van der Waals surface area contributed by atoms with Gasteiger partial charge in [-0.1, -0.05) is 17.7 Å². The van der Waals surface area contributed by atoms with Gasteiger partial charge in [-0.25, -0.2) is 8.42 Å². The Morgan fingerprint density at radius 2 is 1.69 bits per heavy atom. The van der Waals surface area contributed by atoms with Gasteiger partial charge in [0.05, 0.1) is 11.4 Å². The summed E-state index contributed by atoms with van der Waals surface area (Å²) < 4.78 is 27.1. The summed E-state index contributed by atoms with van der Waals surface area (Å²) in [6.45, 7) is 7.65. The van der Waals surface area contributed by atoms with Crippen LogP contribution in [0.1, 0.15) is 18.9 Å². The molecular weight excluding hydrogens is 435 g/mol. The number of nitrogens with two attached hydrogens (primary N) is 1. The van der Waals surface area contributed by atoms with Crippen molar-refractivity contribution in [2.24, 2.45) is 11.7 Å². The van der Waals surface area contributed by atoms with Crippen molar-refractivity contribution in [3.63, 3.8) is 0 Å². The summed E-state index contributed by atoms with van der Waals surface area (Å²) in [5, 5.41) is 0. The Kier molecular flexibility index (Phi) is 9.85. The highest BCUT2D eigenvalue weighted by Gasteiger charge is 2.34. The van der Waals surface area contributed by atoms with E-state index in [0.29, 0.717) is 50.1 Å². The molecule has 29 heavy (non-hydrogen) atoms. The van der Waals surface area contributed by atoms with E-state index in [1.165, 1.54) is 4.31 Å². The van der Waals surface area contributed by atoms with Gasteiger partial charge in [0.25, 0.3) is 0 Å². The number of rotatable bonds is 5. The lowest BCUT2D eigenvalue weighted by Crippen LogP contribution is -2.51. The van der Waals surface area contributed by atoms with Crippen LogP contribution < -0.4 is 5.73 Å². The van der Waals surface area contributed by atoms with Crippen LogP contribution in [0.15, 0.2) is 29.2 Å². The number of carbonyl (C=O) groups excluding carboxylic acids is 1. The molecule has 2 heterocycles. The van der Waals surface area contributed by atoms with Crippen molar-refractivity contribution < 1.29 is 13.2 Å². The van der Waals surface area contributed by atoms with Crippen molar-refractivity contribution in [2.45, 2.75) is 31.2 Å². The van der Waals surface area contributed by atoms with Crippen molar-refractivity contribution in [3.05, 3.63) is 29.8 Å². The first-order valence-electron chi connectivity index (χ1n) is 9.60. The van der Waals surface area contributed by atoms with Crippen molar-refractivity contribution >= 4 is 40.7 Å². The zero-order valence-electron chi connectivity index (χ0n) is 17.0. The molecule has 2 aliphatic rings. The Labute approximate surface area is 186 Å². The molecule has 0 bridgehead atoms. The maximum absolute atomic E-state index is 12.8. The van der Waals surface area contributed by atoms with Crippen molar-refractivity contribution in [3.8, 4) is 0 Å². The third-order valence-electron chi connectivity index (χ3n) is 5.66. The third kappa shape index (κ3) is 6.06. The van der Waals surface area contributed by atoms with E-state index >= 15 is 0 Å². The monoisotopic (exact) mass is 466 g/mol. The average molecular weight is 467 g/mol. The summed E-state index contributed by atoms with van der Waals surface area (Å²) in [7, 11) is -3.47. The van der Waals surface area contributed by atoms with Crippen LogP contribution in [-0.4, -0.2) is 80.3 Å². The Balaban J connectivity index is 0.00000210. The van der Waals surface area contributed by atoms with Gasteiger partial charge in [-0.2, -0.15) is 4.31 Å². The van der Waals surface area contributed by atoms with Gasteiger partial charge < -0.3 is 10.6 Å². The zero-order chi connectivity index (χ0) is 19.6. The van der Waals surface area contributed by atoms with Crippen LogP contribution in [0.25, 0.3) is 0 Å². The van der Waals surface area contributed by atoms with Gasteiger partial charge in [-0.15, -0.1) is 24.8 Å². The summed E-state index contributed by atoms with van der Waals surface area (Å²) in [6.07, 6.45) is 0.963. The van der Waals surface area contributed by atoms with Gasteiger partial charge in [-0.05, 0) is 44.9 Å². The van der Waals surface area contributed by atoms with E-state index in [1.807, 2.05) is 28.9 Å². The molecule has 166 valence electrons. The minimum absolute atomic E-state index is 0. The fourth-order valence-corrected chi connectivity index (χ4v) is 5.35. The van der Waals surface area contributed by atoms with Crippen LogP contribution in [0.2, 0.25) is 0 Å². The number of amides is 1. The molecule has 2 unspecified atom stereocenters. The highest BCUT2D eigenvalue weighted by molar-refractivity contribution is 7.89. The first-order chi connectivity index (χ1) is 12.8. The number of sulfonamides is 1. The molecule has 0 aromatic heterocycles. The van der Waals surface area contributed by atoms with Crippen LogP contribution in [0.3, 0.4) is 0 Å². The minimum atomic E-state index is -3.47. The third-order valence-corrected chi connectivity index (χ3v) is 7.58. The Hall–Kier alpha value is -0.900. The maximum Gasteiger partial charge on any atom is 0.243 e. The van der Waals surface area contributed by atoms with E-state index in [1.54, 1.807) is 12.1 Å². The molecule has 7 nitrogen and oxygen atoms in total. The molecule has 2 atom stereocenters. The Morgan fingerprint density at radius 1 is 1.10 bits per heavy atom. The minimum Gasteiger partial charge on any atom is -0.339 e. The number of likely N-dealkylation sites (tertiary alicyclic amines) is 1. The van der Waals surface area contributed by atoms with Crippen molar-refractivity contribution in [2.75, 3.05) is 45.8 Å². The maximum atomic E-state index is 12.8. The highest BCUT2D eigenvalue weighted by Crippen LogP contribution is 2.23. The van der Waals surface area contributed by atoms with E-state index in [2.05, 4.69) is 6.92 Å². The number of hydrogen-bond donors (Lipinski definition) is 1. The molecule has 1 aromatic rings. The lowest BCUT2D eigenvalue weighted by molar-refractivity contribution is -0.133. The van der Waals surface area contributed by atoms with Crippen LogP contribution >= 0.6 is 24.8 Å². The van der Waals surface area contributed by atoms with Gasteiger partial charge in [-0.3, -0.25) is 9.69 Å². The number of benzene rings is 1. The van der Waals surface area contributed by atoms with Crippen molar-refractivity contribution in [1.29, 1.82) is 0 Å². The summed E-state index contributed by atoms with van der Waals surface area (Å²) in [6, 6.07) is 7.17. The van der Waals surface area contributed by atoms with Gasteiger partial charge in [0, 0.05) is 38.8 Å². The van der Waals surface area contributed by atoms with Gasteiger partial charge in [0.2, 0.25) is 15.9 Å². The Morgan fingerprint density at radius 3 is 2.21 bits per heavy atom. The second-order valence-electron chi connectivity index (χ2n) is 7.73. The van der Waals surface area contributed by atoms with Crippen LogP contribution in [0, 0.1) is 12.8 Å². The summed E-state index contributed by atoms with van der Waals surface area (Å²) in [4.78, 5) is 16.9. The van der Waals surface area contributed by atoms with Gasteiger partial charge in [0.1, 0.15) is 0 Å². The van der Waals surface area contributed by atoms with E-state index in [9.17, 15) is 13.2 Å². The molecule has 3 rings (SSSR count). The Bertz CT molecular complexity index is 768. The highest BCUT2D eigenvalue weighted by atomic mass is 35.5. The fraction of sp³-hybridized carbons (Fsp3) is 0.632. The molecule has 0 aliphatic carbocycles. The normalized spacial score (nSPS) is 23.3. The van der Waals surface area contributed by atoms with Gasteiger partial charge in [0.15, 0.2) is 0 Å². The average Bonchev–Trinajstić information content (AvgIpc) is 3.03. The largest absolute Gasteiger partial charge is 0.339 e. The number of nitrogens with zero attached hydrogens (tertiary/aromatic N) is 3. The van der Waals surface area contributed by atoms with Crippen molar-refractivity contribution in [1.82, 2.24) is 14.1 Å². The summed E-state index contributed by atoms with van der Waals surface area (Å²) >= 11 is 0. The molecule has 1 amide bonds. The van der Waals surface area contributed by atoms with Gasteiger partial charge >= 0.3 is 0 Å². The lowest BCUT2D eigenvalue weighted by atomic mass is 10.1. The van der Waals surface area contributed by atoms with Crippen LogP contribution in [-0.2, 0) is 14.8 Å². The molecule has 0 saturated carbocycles. The van der Waals surface area contributed by atoms with E-state index in [4.69, 9.17) is 5.73 Å². The summed E-state index contributed by atoms with van der Waals surface area (Å²) in [5.74, 6) is 0.508. The number of hydrogen-bond acceptors (Lipinski definition) is 5. The number of carbonyl (C=O) groups is 1. The summed E-state index contributed by atoms with van der Waals surface area (Å²) in [5.41, 5.74) is 6.78. The molecule has 2 aliphatic heterocycles. The lowest BCUT2D eigenvalue weighted by Gasteiger charge is -2.34. The topological polar surface area (TPSA) is 87.0 Å². The first-order valence-corrected chi connectivity index (χ1v) is 11.0. The zero-order valence-corrected chi connectivity index (χ0v) is 19.4. The van der Waals surface area contributed by atoms with Crippen LogP contribution in [0.4, 0.5) is 0 Å². The molecular formula is C19H32Cl2N4O3S. The van der Waals surface area contributed by atoms with E-state index in [0.717, 1.165) is 18.5 Å². The molecule has 2 N–H and O–H groups in total. The fourth-order valence-electron chi connectivity index (χ4n) is 3.93. The first kappa shape index (κ1) is 26.1. The second kappa shape index (κ2) is 10.9. The second-order valence-corrected chi connectivity index (χ2v) is 9.66. The van der Waals surface area contributed by atoms with E-state index < -0.39 is 10.0 Å². The predicted molar refractivity (Wildman–Crippen MR) is 119 cm³/mol. The molecule has 1 aromatic carbocycles. The number of piperazine rings is 1. The molecule has 0 spiro atoms. The molecule has 2 fully saturated rings. The van der Waals surface area contributed by atoms with E-state index in [-0.39, 0.29) is 36.8 Å². The molecule has 10 heteroatoms. The van der Waals surface area contributed by atoms with Crippen LogP contribution in [0.5, 0.6) is 0 Å². The number of aryl methyl sites for hydroxylation is 1. The standard InChI is InChI=1S/C19H30N4O3S.2ClH/c1-15-3-5-18(6-4-15)27(25,26)22-9-7-21(8-10-22)14-19(24)23-13-17(12-20)11-16(23)2;;/h3-6,16-17H,7-14,20H2,1-2H3;2*1H. The number of halogens is 2. The molecule has 2 saturated heterocycles. The SMILES string of the molecule is Cc1ccc(S(=O)(=O)N2CCN(CC(=O)N3CC(CN)CC3C)CC2)cc1.Cl.Cl. The quantitative estimate of drug-likeness (QED) is 0.707. The predicted octanol–water partition coefficient (Wildman–Crippen LogP) is 1.34.